The number of aromatic nitrogens is 2. The summed E-state index contributed by atoms with van der Waals surface area (Å²) >= 11 is 0. The zero-order valence-corrected chi connectivity index (χ0v) is 12.7. The maximum Gasteiger partial charge on any atom is 0.0684 e. The summed E-state index contributed by atoms with van der Waals surface area (Å²) in [5.41, 5.74) is 3.05. The quantitative estimate of drug-likeness (QED) is 0.802. The van der Waals surface area contributed by atoms with Gasteiger partial charge in [0.15, 0.2) is 0 Å². The molecule has 0 fully saturated rings. The molecule has 1 aliphatic rings. The minimum absolute atomic E-state index is 0.191. The molecule has 0 bridgehead atoms. The highest BCUT2D eigenvalue weighted by Gasteiger charge is 2.29. The smallest absolute Gasteiger partial charge is 0.0684 e. The highest BCUT2D eigenvalue weighted by Crippen LogP contribution is 2.28. The van der Waals surface area contributed by atoms with Gasteiger partial charge in [-0.1, -0.05) is 20.8 Å². The number of nitrogens with zero attached hydrogens (tertiary/aromatic N) is 3. The lowest BCUT2D eigenvalue weighted by Gasteiger charge is -2.38. The van der Waals surface area contributed by atoms with Gasteiger partial charge in [0.1, 0.15) is 0 Å². The van der Waals surface area contributed by atoms with Gasteiger partial charge in [-0.05, 0) is 33.3 Å². The Labute approximate surface area is 111 Å². The number of hydrogen-bond donors (Lipinski definition) is 0. The Kier molecular flexibility index (Phi) is 3.30. The molecule has 18 heavy (non-hydrogen) atoms. The largest absolute Gasteiger partial charge is 0.291 e. The first-order valence-electron chi connectivity index (χ1n) is 7.06. The molecule has 0 saturated heterocycles. The average Bonchev–Trinajstić information content (AvgIpc) is 2.71. The summed E-state index contributed by atoms with van der Waals surface area (Å²) in [6.45, 7) is 16.8. The molecule has 0 N–H and O–H groups in total. The van der Waals surface area contributed by atoms with Crippen LogP contribution in [0.3, 0.4) is 0 Å². The Morgan fingerprint density at radius 3 is 2.39 bits per heavy atom. The van der Waals surface area contributed by atoms with Crippen molar-refractivity contribution in [3.05, 3.63) is 17.5 Å². The summed E-state index contributed by atoms with van der Waals surface area (Å²) in [6.07, 6.45) is 1.13. The van der Waals surface area contributed by atoms with Crippen molar-refractivity contribution in [3.63, 3.8) is 0 Å². The van der Waals surface area contributed by atoms with Crippen LogP contribution in [0.15, 0.2) is 6.07 Å². The van der Waals surface area contributed by atoms with E-state index in [2.05, 4.69) is 57.2 Å². The lowest BCUT2D eigenvalue weighted by Crippen LogP contribution is -2.45. The zero-order valence-electron chi connectivity index (χ0n) is 12.7. The standard InChI is InChI=1S/C15H27N3/c1-7-15(5,6)13-10-12-11-17(14(2,3)4)8-9-18(12)16-13/h10H,7-9,11H2,1-6H3. The normalized spacial score (nSPS) is 17.9. The highest BCUT2D eigenvalue weighted by atomic mass is 15.4. The first-order chi connectivity index (χ1) is 8.24. The molecule has 0 unspecified atom stereocenters. The summed E-state index contributed by atoms with van der Waals surface area (Å²) in [7, 11) is 0. The van der Waals surface area contributed by atoms with Crippen molar-refractivity contribution in [2.24, 2.45) is 0 Å². The number of rotatable bonds is 2. The third kappa shape index (κ3) is 2.46. The lowest BCUT2D eigenvalue weighted by atomic mass is 9.86. The van der Waals surface area contributed by atoms with E-state index < -0.39 is 0 Å². The van der Waals surface area contributed by atoms with Gasteiger partial charge in [-0.3, -0.25) is 9.58 Å². The summed E-state index contributed by atoms with van der Waals surface area (Å²) in [6, 6.07) is 2.31. The molecule has 3 heteroatoms. The molecule has 2 rings (SSSR count). The van der Waals surface area contributed by atoms with E-state index in [1.54, 1.807) is 0 Å². The summed E-state index contributed by atoms with van der Waals surface area (Å²) in [5, 5.41) is 4.80. The molecule has 0 aromatic carbocycles. The van der Waals surface area contributed by atoms with Crippen molar-refractivity contribution in [2.45, 2.75) is 72.0 Å². The van der Waals surface area contributed by atoms with Crippen LogP contribution >= 0.6 is 0 Å². The van der Waals surface area contributed by atoms with E-state index in [-0.39, 0.29) is 11.0 Å². The van der Waals surface area contributed by atoms with E-state index in [0.29, 0.717) is 0 Å². The van der Waals surface area contributed by atoms with Gasteiger partial charge < -0.3 is 0 Å². The Hall–Kier alpha value is -0.830. The summed E-state index contributed by atoms with van der Waals surface area (Å²) < 4.78 is 2.20. The van der Waals surface area contributed by atoms with Crippen LogP contribution in [0.25, 0.3) is 0 Å². The van der Waals surface area contributed by atoms with Crippen molar-refractivity contribution >= 4 is 0 Å². The van der Waals surface area contributed by atoms with Gasteiger partial charge in [-0.25, -0.2) is 0 Å². The van der Waals surface area contributed by atoms with Gasteiger partial charge in [0.05, 0.1) is 17.9 Å². The number of hydrogen-bond acceptors (Lipinski definition) is 2. The van der Waals surface area contributed by atoms with Crippen LogP contribution < -0.4 is 0 Å². The van der Waals surface area contributed by atoms with Crippen LogP contribution in [0.2, 0.25) is 0 Å². The maximum atomic E-state index is 4.80. The van der Waals surface area contributed by atoms with E-state index >= 15 is 0 Å². The third-order valence-electron chi connectivity index (χ3n) is 4.32. The van der Waals surface area contributed by atoms with E-state index in [0.717, 1.165) is 26.1 Å². The van der Waals surface area contributed by atoms with E-state index in [9.17, 15) is 0 Å². The summed E-state index contributed by atoms with van der Waals surface area (Å²) in [5.74, 6) is 0. The molecule has 3 nitrogen and oxygen atoms in total. The third-order valence-corrected chi connectivity index (χ3v) is 4.32. The fourth-order valence-corrected chi connectivity index (χ4v) is 2.35. The molecule has 1 aromatic heterocycles. The Morgan fingerprint density at radius 1 is 1.17 bits per heavy atom. The van der Waals surface area contributed by atoms with Crippen molar-refractivity contribution in [1.29, 1.82) is 0 Å². The van der Waals surface area contributed by atoms with Crippen LogP contribution in [0.4, 0.5) is 0 Å². The lowest BCUT2D eigenvalue weighted by molar-refractivity contribution is 0.0988. The van der Waals surface area contributed by atoms with Crippen LogP contribution in [0.1, 0.15) is 59.4 Å². The van der Waals surface area contributed by atoms with Crippen molar-refractivity contribution < 1.29 is 0 Å². The molecule has 0 aliphatic carbocycles. The molecule has 2 heterocycles. The zero-order chi connectivity index (χ0) is 13.6. The first kappa shape index (κ1) is 13.6. The molecule has 1 aliphatic heterocycles. The number of fused-ring (bicyclic) bond motifs is 1. The molecular weight excluding hydrogens is 222 g/mol. The van der Waals surface area contributed by atoms with Crippen LogP contribution in [0, 0.1) is 0 Å². The predicted molar refractivity (Wildman–Crippen MR) is 75.7 cm³/mol. The van der Waals surface area contributed by atoms with Gasteiger partial charge in [-0.15, -0.1) is 0 Å². The molecule has 0 radical (unpaired) electrons. The van der Waals surface area contributed by atoms with Gasteiger partial charge in [-0.2, -0.15) is 5.10 Å². The minimum atomic E-state index is 0.191. The van der Waals surface area contributed by atoms with Gasteiger partial charge in [0.2, 0.25) is 0 Å². The van der Waals surface area contributed by atoms with Crippen molar-refractivity contribution in [1.82, 2.24) is 14.7 Å². The highest BCUT2D eigenvalue weighted by molar-refractivity contribution is 5.19. The Bertz CT molecular complexity index is 423. The van der Waals surface area contributed by atoms with Crippen molar-refractivity contribution in [3.8, 4) is 0 Å². The van der Waals surface area contributed by atoms with Gasteiger partial charge in [0, 0.05) is 24.0 Å². The second kappa shape index (κ2) is 4.37. The van der Waals surface area contributed by atoms with Crippen molar-refractivity contribution in [2.75, 3.05) is 6.54 Å². The Morgan fingerprint density at radius 2 is 1.83 bits per heavy atom. The second-order valence-electron chi connectivity index (χ2n) is 7.07. The SMILES string of the molecule is CCC(C)(C)c1cc2n(n1)CCN(C(C)(C)C)C2. The Balaban J connectivity index is 2.25. The molecule has 0 spiro atoms. The molecule has 0 amide bonds. The molecular formula is C15H27N3. The molecule has 102 valence electrons. The van der Waals surface area contributed by atoms with E-state index in [1.165, 1.54) is 11.4 Å². The van der Waals surface area contributed by atoms with E-state index in [4.69, 9.17) is 5.10 Å². The van der Waals surface area contributed by atoms with E-state index in [1.807, 2.05) is 0 Å². The summed E-state index contributed by atoms with van der Waals surface area (Å²) in [4.78, 5) is 2.53. The predicted octanol–water partition coefficient (Wildman–Crippen LogP) is 3.18. The van der Waals surface area contributed by atoms with Crippen LogP contribution in [-0.2, 0) is 18.5 Å². The van der Waals surface area contributed by atoms with Gasteiger partial charge >= 0.3 is 0 Å². The molecule has 1 aromatic rings. The topological polar surface area (TPSA) is 21.1 Å². The van der Waals surface area contributed by atoms with Crippen LogP contribution in [-0.4, -0.2) is 26.8 Å². The maximum absolute atomic E-state index is 4.80. The average molecular weight is 249 g/mol. The fraction of sp³-hybridized carbons (Fsp3) is 0.800. The molecule has 0 atom stereocenters. The second-order valence-corrected chi connectivity index (χ2v) is 7.07. The van der Waals surface area contributed by atoms with Gasteiger partial charge in [0.25, 0.3) is 0 Å². The first-order valence-corrected chi connectivity index (χ1v) is 7.06. The minimum Gasteiger partial charge on any atom is -0.291 e. The monoisotopic (exact) mass is 249 g/mol. The fourth-order valence-electron chi connectivity index (χ4n) is 2.35. The molecule has 0 saturated carbocycles. The van der Waals surface area contributed by atoms with Crippen LogP contribution in [0.5, 0.6) is 0 Å².